The lowest BCUT2D eigenvalue weighted by Crippen LogP contribution is -2.33. The molecule has 6 heteroatoms. The number of nitrogens with zero attached hydrogens (tertiary/aromatic N) is 1. The Balaban J connectivity index is 2.87. The van der Waals surface area contributed by atoms with E-state index in [1.54, 1.807) is 0 Å². The lowest BCUT2D eigenvalue weighted by molar-refractivity contribution is -0.141. The maximum Gasteiger partial charge on any atom is 0.325 e. The predicted molar refractivity (Wildman–Crippen MR) is 74.0 cm³/mol. The molecule has 5 nitrogen and oxygen atoms in total. The van der Waals surface area contributed by atoms with E-state index in [9.17, 15) is 14.0 Å². The third-order valence-corrected chi connectivity index (χ3v) is 2.61. The second-order valence-electron chi connectivity index (χ2n) is 4.21. The van der Waals surface area contributed by atoms with Gasteiger partial charge in [-0.2, -0.15) is 0 Å². The molecule has 0 spiro atoms. The molecule has 0 radical (unpaired) electrons. The van der Waals surface area contributed by atoms with Gasteiger partial charge in [0.25, 0.3) is 5.91 Å². The number of carbonyl (C=O) groups excluding carboxylic acids is 2. The highest BCUT2D eigenvalue weighted by Crippen LogP contribution is 2.12. The van der Waals surface area contributed by atoms with Crippen molar-refractivity contribution < 1.29 is 23.8 Å². The zero-order valence-corrected chi connectivity index (χ0v) is 11.9. The van der Waals surface area contributed by atoms with Gasteiger partial charge in [-0.25, -0.2) is 4.39 Å². The molecule has 1 amide bonds. The van der Waals surface area contributed by atoms with Gasteiger partial charge in [0.1, 0.15) is 12.4 Å². The molecule has 0 unspecified atom stereocenters. The maximum absolute atomic E-state index is 13.9. The normalized spacial score (nSPS) is 9.52. The molecule has 0 aliphatic heterocycles. The minimum atomic E-state index is -0.715. The molecular formula is C15H16FNO4. The summed E-state index contributed by atoms with van der Waals surface area (Å²) in [5.41, 5.74) is 0.266. The molecule has 0 aromatic heterocycles. The van der Waals surface area contributed by atoms with E-state index >= 15 is 0 Å². The van der Waals surface area contributed by atoms with E-state index in [0.717, 1.165) is 11.0 Å². The van der Waals surface area contributed by atoms with Gasteiger partial charge in [-0.1, -0.05) is 11.8 Å². The molecule has 0 aliphatic carbocycles. The largest absolute Gasteiger partial charge is 0.468 e. The molecule has 0 bridgehead atoms. The van der Waals surface area contributed by atoms with Crippen LogP contribution in [0.1, 0.15) is 22.3 Å². The van der Waals surface area contributed by atoms with Crippen LogP contribution in [-0.2, 0) is 9.53 Å². The van der Waals surface area contributed by atoms with Crippen molar-refractivity contribution in [2.24, 2.45) is 0 Å². The number of aliphatic hydroxyl groups is 1. The first-order valence-electron chi connectivity index (χ1n) is 6.21. The molecule has 0 saturated carbocycles. The van der Waals surface area contributed by atoms with Crippen molar-refractivity contribution in [2.75, 3.05) is 27.3 Å². The number of hydrogen-bond acceptors (Lipinski definition) is 4. The Labute approximate surface area is 122 Å². The molecule has 1 aromatic carbocycles. The molecule has 1 aromatic rings. The van der Waals surface area contributed by atoms with Crippen molar-refractivity contribution in [2.45, 2.75) is 6.42 Å². The Morgan fingerprint density at radius 3 is 2.71 bits per heavy atom. The summed E-state index contributed by atoms with van der Waals surface area (Å²) in [6, 6.07) is 3.96. The number of rotatable bonds is 4. The highest BCUT2D eigenvalue weighted by Gasteiger charge is 2.18. The number of esters is 1. The van der Waals surface area contributed by atoms with E-state index in [2.05, 4.69) is 16.6 Å². The summed E-state index contributed by atoms with van der Waals surface area (Å²) in [5, 5.41) is 8.60. The third-order valence-electron chi connectivity index (χ3n) is 2.61. The monoisotopic (exact) mass is 293 g/mol. The van der Waals surface area contributed by atoms with Crippen LogP contribution in [0.4, 0.5) is 4.39 Å². The zero-order valence-electron chi connectivity index (χ0n) is 11.9. The zero-order chi connectivity index (χ0) is 15.8. The van der Waals surface area contributed by atoms with Crippen LogP contribution >= 0.6 is 0 Å². The van der Waals surface area contributed by atoms with Gasteiger partial charge in [0.15, 0.2) is 0 Å². The summed E-state index contributed by atoms with van der Waals surface area (Å²) < 4.78 is 18.4. The molecule has 0 atom stereocenters. The first-order valence-corrected chi connectivity index (χ1v) is 6.21. The topological polar surface area (TPSA) is 66.8 Å². The van der Waals surface area contributed by atoms with Gasteiger partial charge in [-0.15, -0.1) is 0 Å². The van der Waals surface area contributed by atoms with Crippen LogP contribution in [0.2, 0.25) is 0 Å². The number of aliphatic hydroxyl groups excluding tert-OH is 1. The van der Waals surface area contributed by atoms with Crippen molar-refractivity contribution in [3.8, 4) is 11.8 Å². The molecule has 0 aliphatic rings. The van der Waals surface area contributed by atoms with Crippen LogP contribution < -0.4 is 0 Å². The standard InChI is InChI=1S/C15H16FNO4/c1-17(10-14(19)21-2)15(20)12-7-6-11(9-13(12)16)5-3-4-8-18/h6-7,9,18H,4,8,10H2,1-2H3. The van der Waals surface area contributed by atoms with Gasteiger partial charge < -0.3 is 14.7 Å². The van der Waals surface area contributed by atoms with Crippen LogP contribution in [0.25, 0.3) is 0 Å². The van der Waals surface area contributed by atoms with Gasteiger partial charge in [-0.05, 0) is 18.2 Å². The van der Waals surface area contributed by atoms with E-state index in [0.29, 0.717) is 12.0 Å². The Morgan fingerprint density at radius 2 is 2.14 bits per heavy atom. The average Bonchev–Trinajstić information content (AvgIpc) is 2.46. The summed E-state index contributed by atoms with van der Waals surface area (Å²) >= 11 is 0. The fourth-order valence-electron chi connectivity index (χ4n) is 1.52. The number of ether oxygens (including phenoxy) is 1. The maximum atomic E-state index is 13.9. The number of hydrogen-bond donors (Lipinski definition) is 1. The van der Waals surface area contributed by atoms with E-state index < -0.39 is 17.7 Å². The average molecular weight is 293 g/mol. The van der Waals surface area contributed by atoms with Crippen molar-refractivity contribution >= 4 is 11.9 Å². The Hall–Kier alpha value is -2.39. The number of carbonyl (C=O) groups is 2. The molecular weight excluding hydrogens is 277 g/mol. The van der Waals surface area contributed by atoms with Crippen molar-refractivity contribution in [3.63, 3.8) is 0 Å². The van der Waals surface area contributed by atoms with E-state index in [-0.39, 0.29) is 18.7 Å². The smallest absolute Gasteiger partial charge is 0.325 e. The SMILES string of the molecule is COC(=O)CN(C)C(=O)c1ccc(C#CCCO)cc1F. The van der Waals surface area contributed by atoms with E-state index in [4.69, 9.17) is 5.11 Å². The van der Waals surface area contributed by atoms with Gasteiger partial charge in [0, 0.05) is 19.0 Å². The summed E-state index contributed by atoms with van der Waals surface area (Å²) in [6.45, 7) is -0.322. The number of halogens is 1. The molecule has 1 N–H and O–H groups in total. The van der Waals surface area contributed by atoms with Crippen LogP contribution in [-0.4, -0.2) is 49.2 Å². The molecule has 112 valence electrons. The van der Waals surface area contributed by atoms with Gasteiger partial charge in [-0.3, -0.25) is 9.59 Å². The first-order chi connectivity index (χ1) is 9.99. The number of benzene rings is 1. The number of likely N-dealkylation sites (N-methyl/N-ethyl adjacent to an activating group) is 1. The lowest BCUT2D eigenvalue weighted by atomic mass is 10.1. The molecule has 0 saturated heterocycles. The summed E-state index contributed by atoms with van der Waals surface area (Å²) in [6.07, 6.45) is 0.296. The lowest BCUT2D eigenvalue weighted by Gasteiger charge is -2.16. The van der Waals surface area contributed by atoms with Crippen molar-refractivity contribution in [3.05, 3.63) is 35.1 Å². The second-order valence-corrected chi connectivity index (χ2v) is 4.21. The van der Waals surface area contributed by atoms with Crippen LogP contribution in [0.3, 0.4) is 0 Å². The number of amides is 1. The van der Waals surface area contributed by atoms with Crippen LogP contribution in [0.15, 0.2) is 18.2 Å². The van der Waals surface area contributed by atoms with E-state index in [1.807, 2.05) is 0 Å². The molecule has 21 heavy (non-hydrogen) atoms. The quantitative estimate of drug-likeness (QED) is 0.659. The summed E-state index contributed by atoms with van der Waals surface area (Å²) in [5.74, 6) is 3.42. The van der Waals surface area contributed by atoms with Crippen LogP contribution in [0.5, 0.6) is 0 Å². The van der Waals surface area contributed by atoms with Gasteiger partial charge in [0.2, 0.25) is 0 Å². The highest BCUT2D eigenvalue weighted by atomic mass is 19.1. The Bertz CT molecular complexity index is 589. The fourth-order valence-corrected chi connectivity index (χ4v) is 1.52. The molecule has 0 fully saturated rings. The van der Waals surface area contributed by atoms with Crippen LogP contribution in [0, 0.1) is 17.7 Å². The number of methoxy groups -OCH3 is 1. The molecule has 0 heterocycles. The minimum absolute atomic E-state index is 0.0651. The molecule has 1 rings (SSSR count). The summed E-state index contributed by atoms with van der Waals surface area (Å²) in [4.78, 5) is 24.2. The van der Waals surface area contributed by atoms with Gasteiger partial charge in [0.05, 0.1) is 19.3 Å². The van der Waals surface area contributed by atoms with Gasteiger partial charge >= 0.3 is 5.97 Å². The summed E-state index contributed by atoms with van der Waals surface area (Å²) in [7, 11) is 2.59. The Kier molecular flexibility index (Phi) is 6.37. The highest BCUT2D eigenvalue weighted by molar-refractivity contribution is 5.96. The Morgan fingerprint density at radius 1 is 1.43 bits per heavy atom. The van der Waals surface area contributed by atoms with Crippen molar-refractivity contribution in [1.29, 1.82) is 0 Å². The van der Waals surface area contributed by atoms with Crippen molar-refractivity contribution in [1.82, 2.24) is 4.90 Å². The first kappa shape index (κ1) is 16.7. The fraction of sp³-hybridized carbons (Fsp3) is 0.333. The third kappa shape index (κ3) is 4.89. The minimum Gasteiger partial charge on any atom is -0.468 e. The predicted octanol–water partition coefficient (Wildman–Crippen LogP) is 0.805. The van der Waals surface area contributed by atoms with E-state index in [1.165, 1.54) is 26.3 Å². The second kappa shape index (κ2) is 8.02.